The number of amides is 2. The Hall–Kier alpha value is -2.31. The topological polar surface area (TPSA) is 75.4 Å². The third kappa shape index (κ3) is 2.71. The maximum atomic E-state index is 13.0. The molecule has 5 nitrogen and oxygen atoms in total. The zero-order valence-electron chi connectivity index (χ0n) is 13.9. The third-order valence-electron chi connectivity index (χ3n) is 4.91. The second-order valence-electron chi connectivity index (χ2n) is 6.37. The molecule has 3 N–H and O–H groups in total. The van der Waals surface area contributed by atoms with Crippen LogP contribution >= 0.6 is 11.8 Å². The van der Waals surface area contributed by atoms with Crippen LogP contribution in [0.1, 0.15) is 16.8 Å². The molecule has 6 heteroatoms. The van der Waals surface area contributed by atoms with E-state index in [9.17, 15) is 9.59 Å². The van der Waals surface area contributed by atoms with Gasteiger partial charge in [-0.1, -0.05) is 18.2 Å². The first kappa shape index (κ1) is 16.2. The van der Waals surface area contributed by atoms with E-state index in [1.165, 1.54) is 4.90 Å². The number of fused-ring (bicyclic) bond motifs is 2. The van der Waals surface area contributed by atoms with Crippen LogP contribution < -0.4 is 11.1 Å². The molecule has 0 aromatic heterocycles. The van der Waals surface area contributed by atoms with Crippen molar-refractivity contribution in [1.29, 1.82) is 0 Å². The van der Waals surface area contributed by atoms with Crippen molar-refractivity contribution < 1.29 is 9.59 Å². The Bertz CT molecular complexity index is 850. The van der Waals surface area contributed by atoms with Crippen LogP contribution in [-0.2, 0) is 4.79 Å². The summed E-state index contributed by atoms with van der Waals surface area (Å²) in [6.45, 7) is 0.518. The summed E-state index contributed by atoms with van der Waals surface area (Å²) in [5.74, 6) is -0.331. The maximum Gasteiger partial charge on any atom is 0.256 e. The van der Waals surface area contributed by atoms with Crippen molar-refractivity contribution in [3.05, 3.63) is 48.0 Å². The first-order valence-corrected chi connectivity index (χ1v) is 9.47. The van der Waals surface area contributed by atoms with Gasteiger partial charge in [0, 0.05) is 17.5 Å². The molecule has 0 bridgehead atoms. The molecule has 0 aliphatic carbocycles. The summed E-state index contributed by atoms with van der Waals surface area (Å²) in [6, 6.07) is 12.9. The predicted octanol–water partition coefficient (Wildman–Crippen LogP) is 2.57. The molecule has 128 valence electrons. The molecule has 0 saturated carbocycles. The third-order valence-corrected chi connectivity index (χ3v) is 5.65. The summed E-state index contributed by atoms with van der Waals surface area (Å²) in [4.78, 5) is 28.2. The summed E-state index contributed by atoms with van der Waals surface area (Å²) in [5.41, 5.74) is 9.11. The lowest BCUT2D eigenvalue weighted by molar-refractivity contribution is -0.119. The van der Waals surface area contributed by atoms with Crippen molar-refractivity contribution in [2.24, 2.45) is 5.73 Å². The van der Waals surface area contributed by atoms with E-state index < -0.39 is 6.04 Å². The van der Waals surface area contributed by atoms with Crippen molar-refractivity contribution in [3.63, 3.8) is 0 Å². The van der Waals surface area contributed by atoms with Crippen molar-refractivity contribution in [2.75, 3.05) is 18.1 Å². The van der Waals surface area contributed by atoms with Gasteiger partial charge in [-0.05, 0) is 48.1 Å². The number of nitrogens with one attached hydrogen (secondary N) is 1. The molecule has 2 aliphatic heterocycles. The zero-order chi connectivity index (χ0) is 17.6. The zero-order valence-corrected chi connectivity index (χ0v) is 14.7. The number of thioether (sulfide) groups is 1. The molecule has 2 heterocycles. The number of carbonyl (C=O) groups excluding carboxylic acids is 2. The minimum atomic E-state index is -0.579. The summed E-state index contributed by atoms with van der Waals surface area (Å²) < 4.78 is 0. The molecular weight excluding hydrogens is 334 g/mol. The molecule has 2 atom stereocenters. The van der Waals surface area contributed by atoms with Crippen molar-refractivity contribution in [2.45, 2.75) is 23.4 Å². The molecule has 2 amide bonds. The Balaban J connectivity index is 1.75. The highest BCUT2D eigenvalue weighted by atomic mass is 32.2. The average molecular weight is 353 g/mol. The van der Waals surface area contributed by atoms with Gasteiger partial charge in [0.15, 0.2) is 0 Å². The molecule has 4 rings (SSSR count). The Labute approximate surface area is 150 Å². The molecule has 2 aromatic carbocycles. The van der Waals surface area contributed by atoms with E-state index in [-0.39, 0.29) is 17.9 Å². The van der Waals surface area contributed by atoms with Gasteiger partial charge in [-0.25, -0.2) is 0 Å². The number of nitrogens with two attached hydrogens (primary N) is 1. The number of hydrogen-bond donors (Lipinski definition) is 2. The smallest absolute Gasteiger partial charge is 0.256 e. The Kier molecular flexibility index (Phi) is 4.01. The number of carbonyl (C=O) groups is 2. The highest BCUT2D eigenvalue weighted by Gasteiger charge is 2.43. The molecule has 2 aromatic rings. The molecule has 1 fully saturated rings. The van der Waals surface area contributed by atoms with Gasteiger partial charge in [0.2, 0.25) is 5.91 Å². The normalized spacial score (nSPS) is 22.2. The van der Waals surface area contributed by atoms with Crippen LogP contribution in [0.3, 0.4) is 0 Å². The van der Waals surface area contributed by atoms with Crippen LogP contribution in [0.15, 0.2) is 47.4 Å². The van der Waals surface area contributed by atoms with Gasteiger partial charge in [-0.3, -0.25) is 9.59 Å². The van der Waals surface area contributed by atoms with Crippen LogP contribution in [0.25, 0.3) is 11.1 Å². The minimum absolute atomic E-state index is 0.131. The van der Waals surface area contributed by atoms with E-state index in [2.05, 4.69) is 17.4 Å². The van der Waals surface area contributed by atoms with E-state index in [1.807, 2.05) is 30.5 Å². The van der Waals surface area contributed by atoms with Gasteiger partial charge in [-0.15, -0.1) is 11.8 Å². The largest absolute Gasteiger partial charge is 0.325 e. The highest BCUT2D eigenvalue weighted by Crippen LogP contribution is 2.32. The fourth-order valence-electron chi connectivity index (χ4n) is 3.53. The second kappa shape index (κ2) is 6.20. The lowest BCUT2D eigenvalue weighted by Gasteiger charge is -2.22. The number of hydrogen-bond acceptors (Lipinski definition) is 4. The fourth-order valence-corrected chi connectivity index (χ4v) is 3.94. The van der Waals surface area contributed by atoms with Crippen LogP contribution in [0.5, 0.6) is 0 Å². The Morgan fingerprint density at radius 1 is 1.12 bits per heavy atom. The molecule has 0 radical (unpaired) electrons. The SMILES string of the molecule is CSc1ccc(-c2ccc3c(c2)C(=O)N2CC[C@H](N)[C@H]2C(=O)N3)cc1. The Morgan fingerprint density at radius 3 is 2.56 bits per heavy atom. The number of nitrogens with zero attached hydrogens (tertiary/aromatic N) is 1. The highest BCUT2D eigenvalue weighted by molar-refractivity contribution is 7.98. The van der Waals surface area contributed by atoms with E-state index >= 15 is 0 Å². The van der Waals surface area contributed by atoms with E-state index in [4.69, 9.17) is 5.73 Å². The van der Waals surface area contributed by atoms with E-state index in [0.717, 1.165) is 11.1 Å². The Morgan fingerprint density at radius 2 is 1.84 bits per heavy atom. The van der Waals surface area contributed by atoms with Crippen molar-refractivity contribution in [3.8, 4) is 11.1 Å². The van der Waals surface area contributed by atoms with Crippen LogP contribution in [0, 0.1) is 0 Å². The maximum absolute atomic E-state index is 13.0. The van der Waals surface area contributed by atoms with Gasteiger partial charge in [-0.2, -0.15) is 0 Å². The van der Waals surface area contributed by atoms with Crippen LogP contribution in [0.4, 0.5) is 5.69 Å². The summed E-state index contributed by atoms with van der Waals surface area (Å²) in [7, 11) is 0. The van der Waals surface area contributed by atoms with E-state index in [1.54, 1.807) is 22.7 Å². The van der Waals surface area contributed by atoms with Crippen LogP contribution in [0.2, 0.25) is 0 Å². The first-order valence-electron chi connectivity index (χ1n) is 8.24. The standard InChI is InChI=1S/C19H19N3O2S/c1-25-13-5-2-11(3-6-13)12-4-7-16-14(10-12)19(24)22-9-8-15(20)17(22)18(23)21-16/h2-7,10,15,17H,8-9,20H2,1H3,(H,21,23)/t15-,17-/m0/s1. The molecule has 0 spiro atoms. The minimum Gasteiger partial charge on any atom is -0.325 e. The monoisotopic (exact) mass is 353 g/mol. The molecule has 1 saturated heterocycles. The summed E-state index contributed by atoms with van der Waals surface area (Å²) >= 11 is 1.69. The second-order valence-corrected chi connectivity index (χ2v) is 7.25. The number of benzene rings is 2. The molecule has 25 heavy (non-hydrogen) atoms. The fraction of sp³-hybridized carbons (Fsp3) is 0.263. The van der Waals surface area contributed by atoms with Gasteiger partial charge >= 0.3 is 0 Å². The predicted molar refractivity (Wildman–Crippen MR) is 99.7 cm³/mol. The summed E-state index contributed by atoms with van der Waals surface area (Å²) in [5, 5.41) is 2.87. The van der Waals surface area contributed by atoms with Gasteiger partial charge in [0.1, 0.15) is 6.04 Å². The molecule has 0 unspecified atom stereocenters. The quantitative estimate of drug-likeness (QED) is 0.814. The van der Waals surface area contributed by atoms with Crippen molar-refractivity contribution in [1.82, 2.24) is 4.90 Å². The molecule has 2 aliphatic rings. The average Bonchev–Trinajstić information content (AvgIpc) is 2.98. The van der Waals surface area contributed by atoms with E-state index in [0.29, 0.717) is 24.2 Å². The van der Waals surface area contributed by atoms with Crippen molar-refractivity contribution >= 4 is 29.3 Å². The lowest BCUT2D eigenvalue weighted by atomic mass is 10.0. The lowest BCUT2D eigenvalue weighted by Crippen LogP contribution is -2.48. The van der Waals surface area contributed by atoms with Crippen LogP contribution in [-0.4, -0.2) is 41.6 Å². The molecular formula is C19H19N3O2S. The first-order chi connectivity index (χ1) is 12.1. The van der Waals surface area contributed by atoms with Gasteiger partial charge in [0.25, 0.3) is 5.91 Å². The number of rotatable bonds is 2. The van der Waals surface area contributed by atoms with Gasteiger partial charge < -0.3 is 16.0 Å². The van der Waals surface area contributed by atoms with Gasteiger partial charge in [0.05, 0.1) is 11.3 Å². The number of anilines is 1. The summed E-state index contributed by atoms with van der Waals surface area (Å²) in [6.07, 6.45) is 2.69.